The smallest absolute Gasteiger partial charge is 0.407 e. The molecule has 8 heteroatoms. The molecule has 0 atom stereocenters. The number of carbonyl (C=O) groups is 1. The summed E-state index contributed by atoms with van der Waals surface area (Å²) in [5, 5.41) is 13.4. The van der Waals surface area contributed by atoms with Gasteiger partial charge in [-0.1, -0.05) is 15.9 Å². The van der Waals surface area contributed by atoms with E-state index < -0.39 is 16.6 Å². The number of benzene rings is 1. The topological polar surface area (TPSA) is 90.7 Å². The molecule has 0 fully saturated rings. The van der Waals surface area contributed by atoms with Gasteiger partial charge in [0.05, 0.1) is 11.5 Å². The number of nitrogens with one attached hydrogen (secondary N) is 1. The van der Waals surface area contributed by atoms with Crippen molar-refractivity contribution in [3.63, 3.8) is 0 Å². The van der Waals surface area contributed by atoms with Crippen molar-refractivity contribution in [3.8, 4) is 0 Å². The van der Waals surface area contributed by atoms with Gasteiger partial charge in [-0.2, -0.15) is 0 Å². The number of non-ortho nitro benzene ring substituents is 1. The van der Waals surface area contributed by atoms with E-state index in [0.29, 0.717) is 19.8 Å². The third-order valence-electron chi connectivity index (χ3n) is 2.88. The fraction of sp³-hybridized carbons (Fsp3) is 0.562. The molecule has 1 amide bonds. The van der Waals surface area contributed by atoms with Gasteiger partial charge in [-0.15, -0.1) is 0 Å². The van der Waals surface area contributed by atoms with Crippen LogP contribution in [-0.4, -0.2) is 29.8 Å². The normalized spacial score (nSPS) is 11.2. The maximum absolute atomic E-state index is 11.4. The number of halogens is 1. The first-order chi connectivity index (χ1) is 11.2. The highest BCUT2D eigenvalue weighted by Crippen LogP contribution is 2.23. The summed E-state index contributed by atoms with van der Waals surface area (Å²) >= 11 is 3.35. The van der Waals surface area contributed by atoms with Crippen LogP contribution in [0, 0.1) is 10.1 Å². The van der Waals surface area contributed by atoms with Gasteiger partial charge in [0.25, 0.3) is 5.69 Å². The molecule has 134 valence electrons. The Bertz CT molecular complexity index is 572. The second-order valence-electron chi connectivity index (χ2n) is 6.22. The van der Waals surface area contributed by atoms with Crippen LogP contribution < -0.4 is 5.32 Å². The Balaban J connectivity index is 2.20. The summed E-state index contributed by atoms with van der Waals surface area (Å²) in [7, 11) is 0. The number of nitro groups is 1. The zero-order chi connectivity index (χ0) is 18.2. The lowest BCUT2D eigenvalue weighted by Crippen LogP contribution is -2.33. The molecule has 1 aromatic carbocycles. The molecule has 0 aromatic heterocycles. The van der Waals surface area contributed by atoms with Crippen molar-refractivity contribution >= 4 is 27.7 Å². The molecule has 1 rings (SSSR count). The number of nitrogens with zero attached hydrogens (tertiary/aromatic N) is 1. The zero-order valence-corrected chi connectivity index (χ0v) is 15.7. The maximum Gasteiger partial charge on any atom is 0.407 e. The molecule has 7 nitrogen and oxygen atoms in total. The summed E-state index contributed by atoms with van der Waals surface area (Å²) in [4.78, 5) is 21.8. The Hall–Kier alpha value is -1.67. The number of hydrogen-bond donors (Lipinski definition) is 1. The Morgan fingerprint density at radius 2 is 2.04 bits per heavy atom. The van der Waals surface area contributed by atoms with Gasteiger partial charge in [-0.3, -0.25) is 10.1 Å². The molecule has 0 saturated carbocycles. The average molecular weight is 403 g/mol. The van der Waals surface area contributed by atoms with Crippen LogP contribution in [0.4, 0.5) is 10.5 Å². The lowest BCUT2D eigenvalue weighted by molar-refractivity contribution is -0.385. The third-order valence-corrected chi connectivity index (χ3v) is 3.65. The number of unbranched alkanes of at least 4 members (excludes halogenated alkanes) is 1. The lowest BCUT2D eigenvalue weighted by Gasteiger charge is -2.19. The predicted octanol–water partition coefficient (Wildman–Crippen LogP) is 4.18. The summed E-state index contributed by atoms with van der Waals surface area (Å²) in [5.74, 6) is 0. The van der Waals surface area contributed by atoms with Gasteiger partial charge >= 0.3 is 6.09 Å². The molecule has 0 radical (unpaired) electrons. The van der Waals surface area contributed by atoms with Gasteiger partial charge in [-0.05, 0) is 45.2 Å². The average Bonchev–Trinajstić information content (AvgIpc) is 2.45. The molecule has 0 aliphatic rings. The zero-order valence-electron chi connectivity index (χ0n) is 14.1. The van der Waals surface area contributed by atoms with E-state index in [4.69, 9.17) is 9.47 Å². The van der Waals surface area contributed by atoms with Crippen LogP contribution in [0.3, 0.4) is 0 Å². The van der Waals surface area contributed by atoms with Crippen LogP contribution in [0.1, 0.15) is 39.2 Å². The largest absolute Gasteiger partial charge is 0.444 e. The summed E-state index contributed by atoms with van der Waals surface area (Å²) in [6, 6.07) is 4.58. The van der Waals surface area contributed by atoms with Gasteiger partial charge in [-0.25, -0.2) is 4.79 Å². The molecular weight excluding hydrogens is 380 g/mol. The first-order valence-corrected chi connectivity index (χ1v) is 8.46. The summed E-state index contributed by atoms with van der Waals surface area (Å²) in [5.41, 5.74) is 0.272. The van der Waals surface area contributed by atoms with Crippen molar-refractivity contribution in [3.05, 3.63) is 38.3 Å². The van der Waals surface area contributed by atoms with E-state index in [1.54, 1.807) is 6.07 Å². The molecule has 1 aromatic rings. The lowest BCUT2D eigenvalue weighted by atomic mass is 10.2. The van der Waals surface area contributed by atoms with Crippen LogP contribution in [0.5, 0.6) is 0 Å². The SMILES string of the molecule is CC(C)(C)OC(=O)NCCCCOCc1cc([N+](=O)[O-])ccc1Br. The maximum atomic E-state index is 11.4. The minimum absolute atomic E-state index is 0.0401. The number of ether oxygens (including phenoxy) is 2. The Labute approximate surface area is 150 Å². The van der Waals surface area contributed by atoms with Crippen LogP contribution in [0.2, 0.25) is 0 Å². The quantitative estimate of drug-likeness (QED) is 0.400. The van der Waals surface area contributed by atoms with Gasteiger partial charge in [0.15, 0.2) is 0 Å². The number of nitro benzene ring substituents is 1. The summed E-state index contributed by atoms with van der Waals surface area (Å²) < 4.78 is 11.4. The highest BCUT2D eigenvalue weighted by atomic mass is 79.9. The number of alkyl carbamates (subject to hydrolysis) is 1. The molecular formula is C16H23BrN2O5. The fourth-order valence-electron chi connectivity index (χ4n) is 1.80. The van der Waals surface area contributed by atoms with Crippen molar-refractivity contribution < 1.29 is 19.2 Å². The van der Waals surface area contributed by atoms with Crippen molar-refractivity contribution in [1.82, 2.24) is 5.32 Å². The minimum Gasteiger partial charge on any atom is -0.444 e. The van der Waals surface area contributed by atoms with Crippen LogP contribution in [0.15, 0.2) is 22.7 Å². The van der Waals surface area contributed by atoms with Crippen LogP contribution >= 0.6 is 15.9 Å². The van der Waals surface area contributed by atoms with Gasteiger partial charge in [0.2, 0.25) is 0 Å². The van der Waals surface area contributed by atoms with Crippen molar-refractivity contribution in [2.45, 2.75) is 45.8 Å². The first kappa shape index (κ1) is 20.4. The second-order valence-corrected chi connectivity index (χ2v) is 7.08. The minimum atomic E-state index is -0.501. The molecule has 0 unspecified atom stereocenters. The molecule has 0 heterocycles. The van der Waals surface area contributed by atoms with Crippen LogP contribution in [-0.2, 0) is 16.1 Å². The molecule has 0 aliphatic carbocycles. The monoisotopic (exact) mass is 402 g/mol. The number of amides is 1. The number of rotatable bonds is 8. The number of carbonyl (C=O) groups excluding carboxylic acids is 1. The van der Waals surface area contributed by atoms with E-state index in [9.17, 15) is 14.9 Å². The van der Waals surface area contributed by atoms with E-state index in [-0.39, 0.29) is 5.69 Å². The van der Waals surface area contributed by atoms with Crippen molar-refractivity contribution in [1.29, 1.82) is 0 Å². The van der Waals surface area contributed by atoms with Gasteiger partial charge in [0, 0.05) is 29.8 Å². The van der Waals surface area contributed by atoms with E-state index in [0.717, 1.165) is 22.9 Å². The summed E-state index contributed by atoms with van der Waals surface area (Å²) in [6.45, 7) is 6.75. The Morgan fingerprint density at radius 1 is 1.33 bits per heavy atom. The molecule has 0 saturated heterocycles. The van der Waals surface area contributed by atoms with E-state index in [2.05, 4.69) is 21.2 Å². The van der Waals surface area contributed by atoms with E-state index >= 15 is 0 Å². The molecule has 0 aliphatic heterocycles. The Kier molecular flexibility index (Phi) is 8.14. The van der Waals surface area contributed by atoms with Gasteiger partial charge in [0.1, 0.15) is 5.60 Å². The second kappa shape index (κ2) is 9.58. The number of hydrogen-bond acceptors (Lipinski definition) is 5. The summed E-state index contributed by atoms with van der Waals surface area (Å²) in [6.07, 6.45) is 1.10. The highest BCUT2D eigenvalue weighted by molar-refractivity contribution is 9.10. The van der Waals surface area contributed by atoms with Crippen molar-refractivity contribution in [2.75, 3.05) is 13.2 Å². The molecule has 1 N–H and O–H groups in total. The Morgan fingerprint density at radius 3 is 2.67 bits per heavy atom. The van der Waals surface area contributed by atoms with Gasteiger partial charge < -0.3 is 14.8 Å². The first-order valence-electron chi connectivity index (χ1n) is 7.66. The predicted molar refractivity (Wildman–Crippen MR) is 93.9 cm³/mol. The van der Waals surface area contributed by atoms with E-state index in [1.165, 1.54) is 12.1 Å². The molecule has 0 spiro atoms. The molecule has 24 heavy (non-hydrogen) atoms. The standard InChI is InChI=1S/C16H23BrN2O5/c1-16(2,3)24-15(20)18-8-4-5-9-23-11-12-10-13(19(21)22)6-7-14(12)17/h6-7,10H,4-5,8-9,11H2,1-3H3,(H,18,20). The van der Waals surface area contributed by atoms with Crippen LogP contribution in [0.25, 0.3) is 0 Å². The third kappa shape index (κ3) is 8.26. The fourth-order valence-corrected chi connectivity index (χ4v) is 2.16. The highest BCUT2D eigenvalue weighted by Gasteiger charge is 2.15. The van der Waals surface area contributed by atoms with E-state index in [1.807, 2.05) is 20.8 Å². The molecule has 0 bridgehead atoms. The van der Waals surface area contributed by atoms with Crippen molar-refractivity contribution in [2.24, 2.45) is 0 Å².